The maximum Gasteiger partial charge on any atom is 0.152 e. The molecule has 1 heterocycles. The van der Waals surface area contributed by atoms with Gasteiger partial charge in [0, 0.05) is 39.4 Å². The molecule has 0 aromatic carbocycles. The summed E-state index contributed by atoms with van der Waals surface area (Å²) < 4.78 is 6.72. The summed E-state index contributed by atoms with van der Waals surface area (Å²) >= 11 is 0. The van der Waals surface area contributed by atoms with Crippen LogP contribution in [-0.4, -0.2) is 35.1 Å². The molecule has 84 valence electrons. The second-order valence-corrected chi connectivity index (χ2v) is 3.48. The first-order valence-corrected chi connectivity index (χ1v) is 4.88. The number of methoxy groups -OCH3 is 1. The molecule has 1 unspecified atom stereocenters. The van der Waals surface area contributed by atoms with Crippen molar-refractivity contribution >= 4 is 5.78 Å². The largest absolute Gasteiger partial charge is 0.383 e. The Labute approximate surface area is 89.2 Å². The molecule has 5 heteroatoms. The third-order valence-corrected chi connectivity index (χ3v) is 2.28. The van der Waals surface area contributed by atoms with Gasteiger partial charge in [0.15, 0.2) is 5.78 Å². The van der Waals surface area contributed by atoms with Gasteiger partial charge in [0.25, 0.3) is 0 Å². The van der Waals surface area contributed by atoms with E-state index in [1.54, 1.807) is 6.20 Å². The quantitative estimate of drug-likeness (QED) is 0.713. The Morgan fingerprint density at radius 1 is 1.73 bits per heavy atom. The third kappa shape index (κ3) is 3.45. The zero-order chi connectivity index (χ0) is 11.3. The van der Waals surface area contributed by atoms with Crippen molar-refractivity contribution in [2.45, 2.75) is 18.9 Å². The summed E-state index contributed by atoms with van der Waals surface area (Å²) in [5.41, 5.74) is 5.60. The number of carbonyl (C=O) groups excluding carboxylic acids is 1. The Kier molecular flexibility index (Phi) is 4.45. The van der Waals surface area contributed by atoms with Crippen LogP contribution in [0.2, 0.25) is 0 Å². The molecule has 15 heavy (non-hydrogen) atoms. The van der Waals surface area contributed by atoms with E-state index < -0.39 is 6.04 Å². The number of hydrogen-bond acceptors (Lipinski definition) is 4. The highest BCUT2D eigenvalue weighted by molar-refractivity contribution is 5.84. The molecule has 1 rings (SSSR count). The van der Waals surface area contributed by atoms with Crippen molar-refractivity contribution in [1.82, 2.24) is 9.55 Å². The topological polar surface area (TPSA) is 70.1 Å². The predicted octanol–water partition coefficient (Wildman–Crippen LogP) is -0.104. The van der Waals surface area contributed by atoms with Crippen molar-refractivity contribution < 1.29 is 9.53 Å². The molecule has 0 saturated heterocycles. The molecule has 0 bridgehead atoms. The first kappa shape index (κ1) is 11.9. The molecule has 2 N–H and O–H groups in total. The van der Waals surface area contributed by atoms with E-state index >= 15 is 0 Å². The average molecular weight is 211 g/mol. The summed E-state index contributed by atoms with van der Waals surface area (Å²) in [5, 5.41) is 0. The van der Waals surface area contributed by atoms with E-state index in [9.17, 15) is 4.79 Å². The zero-order valence-electron chi connectivity index (χ0n) is 9.14. The van der Waals surface area contributed by atoms with Crippen molar-refractivity contribution in [3.8, 4) is 0 Å². The van der Waals surface area contributed by atoms with Crippen molar-refractivity contribution in [2.75, 3.05) is 13.7 Å². The fraction of sp³-hybridized carbons (Fsp3) is 0.600. The third-order valence-electron chi connectivity index (χ3n) is 2.28. The molecule has 1 aromatic heterocycles. The summed E-state index contributed by atoms with van der Waals surface area (Å²) in [6.07, 6.45) is 4.61. The van der Waals surface area contributed by atoms with Crippen molar-refractivity contribution in [3.05, 3.63) is 18.2 Å². The van der Waals surface area contributed by atoms with Crippen LogP contribution in [0.5, 0.6) is 0 Å². The highest BCUT2D eigenvalue weighted by Crippen LogP contribution is 2.01. The summed E-state index contributed by atoms with van der Waals surface area (Å²) in [6, 6.07) is -0.518. The van der Waals surface area contributed by atoms with Crippen LogP contribution < -0.4 is 5.73 Å². The number of nitrogens with two attached hydrogens (primary N) is 1. The molecule has 0 amide bonds. The highest BCUT2D eigenvalue weighted by Gasteiger charge is 2.13. The number of Topliss-reactive ketones (excluding diaryl/α,β-unsaturated/α-hetero) is 1. The minimum atomic E-state index is -0.518. The van der Waals surface area contributed by atoms with Gasteiger partial charge >= 0.3 is 0 Å². The van der Waals surface area contributed by atoms with Gasteiger partial charge in [-0.1, -0.05) is 0 Å². The monoisotopic (exact) mass is 211 g/mol. The van der Waals surface area contributed by atoms with E-state index in [1.807, 2.05) is 17.8 Å². The zero-order valence-corrected chi connectivity index (χ0v) is 9.14. The Morgan fingerprint density at radius 3 is 3.00 bits per heavy atom. The van der Waals surface area contributed by atoms with E-state index in [1.165, 1.54) is 7.11 Å². The van der Waals surface area contributed by atoms with Gasteiger partial charge in [0.2, 0.25) is 0 Å². The minimum Gasteiger partial charge on any atom is -0.383 e. The SMILES string of the molecule is COCC(N)C(=O)CCc1nccn1C. The Balaban J connectivity index is 2.37. The second-order valence-electron chi connectivity index (χ2n) is 3.48. The van der Waals surface area contributed by atoms with Gasteiger partial charge < -0.3 is 15.0 Å². The van der Waals surface area contributed by atoms with E-state index in [2.05, 4.69) is 4.98 Å². The van der Waals surface area contributed by atoms with Crippen LogP contribution in [0.1, 0.15) is 12.2 Å². The van der Waals surface area contributed by atoms with E-state index in [0.717, 1.165) is 5.82 Å². The van der Waals surface area contributed by atoms with Crippen molar-refractivity contribution in [1.29, 1.82) is 0 Å². The number of rotatable bonds is 6. The van der Waals surface area contributed by atoms with Gasteiger partial charge in [-0.15, -0.1) is 0 Å². The Hall–Kier alpha value is -1.20. The molecule has 0 aliphatic heterocycles. The Morgan fingerprint density at radius 2 is 2.47 bits per heavy atom. The Bertz CT molecular complexity index is 322. The molecule has 1 atom stereocenters. The van der Waals surface area contributed by atoms with Gasteiger partial charge in [-0.3, -0.25) is 4.79 Å². The van der Waals surface area contributed by atoms with E-state index in [0.29, 0.717) is 12.8 Å². The normalized spacial score (nSPS) is 12.7. The lowest BCUT2D eigenvalue weighted by Gasteiger charge is -2.08. The molecule has 5 nitrogen and oxygen atoms in total. The van der Waals surface area contributed by atoms with Gasteiger partial charge in [0.1, 0.15) is 5.82 Å². The van der Waals surface area contributed by atoms with Gasteiger partial charge in [-0.2, -0.15) is 0 Å². The average Bonchev–Trinajstić information content (AvgIpc) is 2.61. The maximum absolute atomic E-state index is 11.5. The second kappa shape index (κ2) is 5.63. The van der Waals surface area contributed by atoms with Crippen LogP contribution in [-0.2, 0) is 23.0 Å². The van der Waals surface area contributed by atoms with Gasteiger partial charge in [-0.25, -0.2) is 4.98 Å². The number of carbonyl (C=O) groups is 1. The van der Waals surface area contributed by atoms with E-state index in [4.69, 9.17) is 10.5 Å². The van der Waals surface area contributed by atoms with Crippen LogP contribution in [0.25, 0.3) is 0 Å². The highest BCUT2D eigenvalue weighted by atomic mass is 16.5. The van der Waals surface area contributed by atoms with Gasteiger partial charge in [-0.05, 0) is 0 Å². The minimum absolute atomic E-state index is 0.0138. The number of ketones is 1. The van der Waals surface area contributed by atoms with Crippen molar-refractivity contribution in [2.24, 2.45) is 12.8 Å². The maximum atomic E-state index is 11.5. The standard InChI is InChI=1S/C10H17N3O2/c1-13-6-5-12-10(13)4-3-9(14)8(11)7-15-2/h5-6,8H,3-4,7,11H2,1-2H3. The van der Waals surface area contributed by atoms with Crippen LogP contribution in [0.4, 0.5) is 0 Å². The first-order valence-electron chi connectivity index (χ1n) is 4.88. The number of aromatic nitrogens is 2. The smallest absolute Gasteiger partial charge is 0.152 e. The van der Waals surface area contributed by atoms with Crippen LogP contribution in [0.3, 0.4) is 0 Å². The molecule has 0 aliphatic carbocycles. The number of hydrogen-bond donors (Lipinski definition) is 1. The lowest BCUT2D eigenvalue weighted by atomic mass is 10.1. The van der Waals surface area contributed by atoms with Crippen LogP contribution in [0.15, 0.2) is 12.4 Å². The fourth-order valence-corrected chi connectivity index (χ4v) is 1.33. The van der Waals surface area contributed by atoms with Crippen LogP contribution >= 0.6 is 0 Å². The summed E-state index contributed by atoms with van der Waals surface area (Å²) in [7, 11) is 3.44. The number of nitrogens with zero attached hydrogens (tertiary/aromatic N) is 2. The van der Waals surface area contributed by atoms with Gasteiger partial charge in [0.05, 0.1) is 12.6 Å². The molecule has 0 radical (unpaired) electrons. The van der Waals surface area contributed by atoms with Crippen molar-refractivity contribution in [3.63, 3.8) is 0 Å². The molecule has 0 aliphatic rings. The summed E-state index contributed by atoms with van der Waals surface area (Å²) in [4.78, 5) is 15.6. The van der Waals surface area contributed by atoms with Crippen LogP contribution in [0, 0.1) is 0 Å². The predicted molar refractivity (Wildman–Crippen MR) is 56.4 cm³/mol. The molecular formula is C10H17N3O2. The lowest BCUT2D eigenvalue weighted by molar-refractivity contribution is -0.121. The molecule has 1 aromatic rings. The number of ether oxygens (including phenoxy) is 1. The van der Waals surface area contributed by atoms with E-state index in [-0.39, 0.29) is 12.4 Å². The summed E-state index contributed by atoms with van der Waals surface area (Å²) in [5.74, 6) is 0.910. The number of imidazole rings is 1. The molecule has 0 fully saturated rings. The summed E-state index contributed by atoms with van der Waals surface area (Å²) in [6.45, 7) is 0.277. The molecular weight excluding hydrogens is 194 g/mol. The fourth-order valence-electron chi connectivity index (χ4n) is 1.33. The number of aryl methyl sites for hydroxylation is 2. The molecule has 0 saturated carbocycles. The lowest BCUT2D eigenvalue weighted by Crippen LogP contribution is -2.35. The first-order chi connectivity index (χ1) is 7.15. The molecule has 0 spiro atoms.